The van der Waals surface area contributed by atoms with Gasteiger partial charge >= 0.3 is 0 Å². The molecule has 5 nitrogen and oxygen atoms in total. The highest BCUT2D eigenvalue weighted by molar-refractivity contribution is 5.76. The van der Waals surface area contributed by atoms with Crippen molar-refractivity contribution in [3.8, 4) is 17.2 Å². The van der Waals surface area contributed by atoms with E-state index in [9.17, 15) is 4.79 Å². The van der Waals surface area contributed by atoms with Crippen molar-refractivity contribution in [2.45, 2.75) is 19.8 Å². The van der Waals surface area contributed by atoms with Crippen molar-refractivity contribution in [3.05, 3.63) is 70.5 Å². The fourth-order valence-electron chi connectivity index (χ4n) is 2.99. The van der Waals surface area contributed by atoms with E-state index >= 15 is 0 Å². The second-order valence-electron chi connectivity index (χ2n) is 5.80. The molecular formula is C19H18N4O. The average molecular weight is 318 g/mol. The van der Waals surface area contributed by atoms with Crippen molar-refractivity contribution >= 4 is 11.0 Å². The number of nitrogens with zero attached hydrogens (tertiary/aromatic N) is 2. The molecule has 2 aromatic carbocycles. The molecule has 2 N–H and O–H groups in total. The number of H-pyrrole nitrogens is 2. The van der Waals surface area contributed by atoms with E-state index in [0.29, 0.717) is 5.95 Å². The highest BCUT2D eigenvalue weighted by atomic mass is 16.1. The van der Waals surface area contributed by atoms with E-state index in [2.05, 4.69) is 22.0 Å². The molecule has 0 fully saturated rings. The van der Waals surface area contributed by atoms with Crippen LogP contribution in [0, 0.1) is 0 Å². The third kappa shape index (κ3) is 2.34. The molecule has 0 amide bonds. The van der Waals surface area contributed by atoms with Crippen LogP contribution in [0.15, 0.2) is 59.4 Å². The maximum Gasteiger partial charge on any atom is 0.277 e. The van der Waals surface area contributed by atoms with Crippen LogP contribution in [0.25, 0.3) is 28.2 Å². The maximum atomic E-state index is 12.9. The number of para-hydroxylation sites is 2. The van der Waals surface area contributed by atoms with Gasteiger partial charge in [-0.2, -0.15) is 4.68 Å². The predicted molar refractivity (Wildman–Crippen MR) is 95.5 cm³/mol. The van der Waals surface area contributed by atoms with Crippen LogP contribution >= 0.6 is 0 Å². The second-order valence-corrected chi connectivity index (χ2v) is 5.80. The molecule has 0 saturated heterocycles. The van der Waals surface area contributed by atoms with Crippen LogP contribution in [-0.2, 0) is 6.42 Å². The predicted octanol–water partition coefficient (Wildman–Crippen LogP) is 3.66. The second kappa shape index (κ2) is 5.85. The van der Waals surface area contributed by atoms with Gasteiger partial charge < -0.3 is 4.98 Å². The van der Waals surface area contributed by atoms with Crippen molar-refractivity contribution in [2.75, 3.05) is 0 Å². The Morgan fingerprint density at radius 2 is 1.79 bits per heavy atom. The first kappa shape index (κ1) is 14.5. The fourth-order valence-corrected chi connectivity index (χ4v) is 2.99. The smallest absolute Gasteiger partial charge is 0.277 e. The molecule has 120 valence electrons. The van der Waals surface area contributed by atoms with Crippen LogP contribution in [0.5, 0.6) is 0 Å². The van der Waals surface area contributed by atoms with E-state index < -0.39 is 0 Å². The highest BCUT2D eigenvalue weighted by Crippen LogP contribution is 2.21. The summed E-state index contributed by atoms with van der Waals surface area (Å²) in [5, 5.41) is 3.24. The van der Waals surface area contributed by atoms with Gasteiger partial charge in [0.25, 0.3) is 5.56 Å². The summed E-state index contributed by atoms with van der Waals surface area (Å²) in [6.45, 7) is 2.08. The minimum absolute atomic E-state index is 0.0465. The van der Waals surface area contributed by atoms with Crippen LogP contribution in [0.3, 0.4) is 0 Å². The number of rotatable bonds is 4. The van der Waals surface area contributed by atoms with E-state index in [-0.39, 0.29) is 5.56 Å². The lowest BCUT2D eigenvalue weighted by Crippen LogP contribution is -2.18. The summed E-state index contributed by atoms with van der Waals surface area (Å²) in [5.74, 6) is 0.515. The minimum Gasteiger partial charge on any atom is -0.322 e. The van der Waals surface area contributed by atoms with E-state index in [1.54, 1.807) is 0 Å². The molecule has 0 aliphatic rings. The molecule has 24 heavy (non-hydrogen) atoms. The molecule has 0 saturated carbocycles. The zero-order valence-corrected chi connectivity index (χ0v) is 13.4. The van der Waals surface area contributed by atoms with Crippen LogP contribution in [0.1, 0.15) is 18.9 Å². The van der Waals surface area contributed by atoms with Gasteiger partial charge in [0.2, 0.25) is 5.95 Å². The summed E-state index contributed by atoms with van der Waals surface area (Å²) in [5.41, 5.74) is 4.37. The molecule has 4 aromatic rings. The molecule has 0 bridgehead atoms. The van der Waals surface area contributed by atoms with Gasteiger partial charge in [0.15, 0.2) is 0 Å². The topological polar surface area (TPSA) is 66.5 Å². The molecular weight excluding hydrogens is 300 g/mol. The Bertz CT molecular complexity index is 1010. The summed E-state index contributed by atoms with van der Waals surface area (Å²) < 4.78 is 1.51. The molecule has 2 aromatic heterocycles. The number of nitrogens with one attached hydrogen (secondary N) is 2. The summed E-state index contributed by atoms with van der Waals surface area (Å²) in [6, 6.07) is 17.7. The molecule has 0 spiro atoms. The Labute approximate surface area is 139 Å². The first-order chi connectivity index (χ1) is 11.8. The van der Waals surface area contributed by atoms with Gasteiger partial charge in [-0.1, -0.05) is 55.8 Å². The van der Waals surface area contributed by atoms with Gasteiger partial charge in [0, 0.05) is 5.56 Å². The maximum absolute atomic E-state index is 12.9. The van der Waals surface area contributed by atoms with Gasteiger partial charge in [-0.25, -0.2) is 4.98 Å². The molecule has 4 rings (SSSR count). The fraction of sp³-hybridized carbons (Fsp3) is 0.158. The number of aromatic amines is 2. The van der Waals surface area contributed by atoms with E-state index in [4.69, 9.17) is 0 Å². The summed E-state index contributed by atoms with van der Waals surface area (Å²) in [6.07, 6.45) is 1.64. The number of hydrogen-bond donors (Lipinski definition) is 2. The monoisotopic (exact) mass is 318 g/mol. The number of fused-ring (bicyclic) bond motifs is 1. The summed E-state index contributed by atoms with van der Waals surface area (Å²) >= 11 is 0. The number of benzene rings is 2. The number of aromatic nitrogens is 4. The van der Waals surface area contributed by atoms with Crippen molar-refractivity contribution < 1.29 is 0 Å². The van der Waals surface area contributed by atoms with Crippen molar-refractivity contribution in [2.24, 2.45) is 0 Å². The van der Waals surface area contributed by atoms with Crippen molar-refractivity contribution in [1.82, 2.24) is 19.7 Å². The minimum atomic E-state index is -0.0465. The zero-order valence-electron chi connectivity index (χ0n) is 13.4. The Balaban J connectivity index is 1.91. The molecule has 0 aliphatic carbocycles. The standard InChI is InChI=1S/C19H18N4O/c1-2-8-14-17(13-9-4-3-5-10-13)22-23(18(14)24)19-20-15-11-6-7-12-16(15)21-19/h3-7,9-12,22H,2,8H2,1H3,(H,20,21). The van der Waals surface area contributed by atoms with Crippen LogP contribution < -0.4 is 5.56 Å². The first-order valence-corrected chi connectivity index (χ1v) is 8.12. The van der Waals surface area contributed by atoms with Crippen molar-refractivity contribution in [3.63, 3.8) is 0 Å². The van der Waals surface area contributed by atoms with Gasteiger partial charge in [0.05, 0.1) is 16.7 Å². The van der Waals surface area contributed by atoms with Crippen LogP contribution in [0.2, 0.25) is 0 Å². The van der Waals surface area contributed by atoms with Gasteiger partial charge in [-0.15, -0.1) is 0 Å². The largest absolute Gasteiger partial charge is 0.322 e. The quantitative estimate of drug-likeness (QED) is 0.603. The normalized spacial score (nSPS) is 11.2. The van der Waals surface area contributed by atoms with E-state index in [1.165, 1.54) is 4.68 Å². The lowest BCUT2D eigenvalue weighted by atomic mass is 10.1. The van der Waals surface area contributed by atoms with Gasteiger partial charge in [0.1, 0.15) is 0 Å². The third-order valence-electron chi connectivity index (χ3n) is 4.14. The zero-order chi connectivity index (χ0) is 16.5. The Morgan fingerprint density at radius 3 is 2.54 bits per heavy atom. The SMILES string of the molecule is CCCc1c(-c2ccccc2)[nH]n(-c2nc3ccccc3[nH]2)c1=O. The summed E-state index contributed by atoms with van der Waals surface area (Å²) in [7, 11) is 0. The molecule has 2 heterocycles. The lowest BCUT2D eigenvalue weighted by molar-refractivity contribution is 0.798. The Morgan fingerprint density at radius 1 is 1.04 bits per heavy atom. The Kier molecular flexibility index (Phi) is 3.54. The molecule has 0 unspecified atom stereocenters. The number of hydrogen-bond acceptors (Lipinski definition) is 2. The third-order valence-corrected chi connectivity index (χ3v) is 4.14. The molecule has 0 aliphatic heterocycles. The van der Waals surface area contributed by atoms with Gasteiger partial charge in [-0.3, -0.25) is 9.89 Å². The van der Waals surface area contributed by atoms with Gasteiger partial charge in [-0.05, 0) is 24.1 Å². The van der Waals surface area contributed by atoms with E-state index in [0.717, 1.165) is 40.7 Å². The summed E-state index contributed by atoms with van der Waals surface area (Å²) in [4.78, 5) is 20.6. The lowest BCUT2D eigenvalue weighted by Gasteiger charge is -2.00. The Hall–Kier alpha value is -3.08. The highest BCUT2D eigenvalue weighted by Gasteiger charge is 2.17. The molecule has 0 radical (unpaired) electrons. The van der Waals surface area contributed by atoms with Crippen LogP contribution in [-0.4, -0.2) is 19.7 Å². The number of imidazole rings is 1. The average Bonchev–Trinajstić information content (AvgIpc) is 3.18. The van der Waals surface area contributed by atoms with Crippen molar-refractivity contribution in [1.29, 1.82) is 0 Å². The molecule has 0 atom stereocenters. The molecule has 5 heteroatoms. The first-order valence-electron chi connectivity index (χ1n) is 8.12. The van der Waals surface area contributed by atoms with E-state index in [1.807, 2.05) is 54.6 Å². The van der Waals surface area contributed by atoms with Crippen LogP contribution in [0.4, 0.5) is 0 Å².